The Morgan fingerprint density at radius 2 is 2.08 bits per heavy atom. The quantitative estimate of drug-likeness (QED) is 0.746. The largest absolute Gasteiger partial charge is 0.337 e. The van der Waals surface area contributed by atoms with E-state index in [1.165, 1.54) is 5.56 Å². The van der Waals surface area contributed by atoms with E-state index >= 15 is 0 Å². The van der Waals surface area contributed by atoms with Crippen LogP contribution in [0.4, 0.5) is 0 Å². The number of imidazole rings is 1. The second-order valence-corrected chi connectivity index (χ2v) is 7.20. The Bertz CT molecular complexity index is 1010. The van der Waals surface area contributed by atoms with Crippen molar-refractivity contribution in [3.63, 3.8) is 0 Å². The number of rotatable bonds is 2. The predicted octanol–water partition coefficient (Wildman–Crippen LogP) is 2.36. The summed E-state index contributed by atoms with van der Waals surface area (Å²) in [7, 11) is 2.01. The highest BCUT2D eigenvalue weighted by Gasteiger charge is 2.42. The number of aromatic nitrogens is 4. The molecule has 1 aromatic carbocycles. The van der Waals surface area contributed by atoms with E-state index in [1.54, 1.807) is 0 Å². The molecule has 2 aliphatic rings. The van der Waals surface area contributed by atoms with Crippen LogP contribution in [-0.4, -0.2) is 19.7 Å². The first-order chi connectivity index (χ1) is 12.7. The van der Waals surface area contributed by atoms with Gasteiger partial charge in [-0.2, -0.15) is 5.10 Å². The minimum atomic E-state index is -0.0491. The highest BCUT2D eigenvalue weighted by molar-refractivity contribution is 5.43. The predicted molar refractivity (Wildman–Crippen MR) is 97.9 cm³/mol. The third-order valence-corrected chi connectivity index (χ3v) is 5.73. The molecule has 0 radical (unpaired) electrons. The van der Waals surface area contributed by atoms with Gasteiger partial charge in [-0.1, -0.05) is 30.3 Å². The van der Waals surface area contributed by atoms with Gasteiger partial charge in [0.2, 0.25) is 0 Å². The van der Waals surface area contributed by atoms with E-state index in [4.69, 9.17) is 0 Å². The van der Waals surface area contributed by atoms with Crippen molar-refractivity contribution in [3.05, 3.63) is 81.3 Å². The Balaban J connectivity index is 1.76. The van der Waals surface area contributed by atoms with Gasteiger partial charge >= 0.3 is 0 Å². The molecule has 0 fully saturated rings. The second kappa shape index (κ2) is 5.92. The average molecular weight is 347 g/mol. The lowest BCUT2D eigenvalue weighted by molar-refractivity contribution is 0.328. The zero-order valence-corrected chi connectivity index (χ0v) is 14.6. The van der Waals surface area contributed by atoms with Crippen LogP contribution in [-0.2, 0) is 13.5 Å². The summed E-state index contributed by atoms with van der Waals surface area (Å²) in [6.07, 6.45) is 6.65. The smallest absolute Gasteiger partial charge is 0.267 e. The molecule has 1 aliphatic heterocycles. The van der Waals surface area contributed by atoms with Gasteiger partial charge in [-0.15, -0.1) is 0 Å². The highest BCUT2D eigenvalue weighted by Crippen LogP contribution is 2.46. The summed E-state index contributed by atoms with van der Waals surface area (Å²) in [5.41, 5.74) is 4.12. The molecule has 6 nitrogen and oxygen atoms in total. The van der Waals surface area contributed by atoms with Crippen molar-refractivity contribution < 1.29 is 0 Å². The molecule has 3 unspecified atom stereocenters. The van der Waals surface area contributed by atoms with Crippen molar-refractivity contribution in [2.45, 2.75) is 37.3 Å². The molecule has 0 saturated carbocycles. The summed E-state index contributed by atoms with van der Waals surface area (Å²) >= 11 is 0. The van der Waals surface area contributed by atoms with E-state index in [9.17, 15) is 4.79 Å². The molecule has 0 saturated heterocycles. The van der Waals surface area contributed by atoms with Gasteiger partial charge in [-0.05, 0) is 24.8 Å². The summed E-state index contributed by atoms with van der Waals surface area (Å²) < 4.78 is 2.05. The fraction of sp³-hybridized carbons (Fsp3) is 0.350. The van der Waals surface area contributed by atoms with E-state index in [2.05, 4.69) is 44.8 Å². The SMILES string of the molecule is Cn1ccnc1C1c2n[nH]c(=O)c3c2C(CCC3)NC1c1ccccc1. The van der Waals surface area contributed by atoms with Crippen molar-refractivity contribution in [3.8, 4) is 0 Å². The standard InChI is InChI=1S/C20H21N5O/c1-25-11-10-21-19(25)16-17(12-6-3-2-4-7-12)22-14-9-5-8-13-15(14)18(16)23-24-20(13)26/h2-4,6-7,10-11,14,16-17,22H,5,8-9H2,1H3,(H,24,26). The maximum absolute atomic E-state index is 12.3. The first-order valence-corrected chi connectivity index (χ1v) is 9.13. The molecule has 2 aromatic heterocycles. The van der Waals surface area contributed by atoms with Gasteiger partial charge < -0.3 is 9.88 Å². The minimum Gasteiger partial charge on any atom is -0.337 e. The van der Waals surface area contributed by atoms with Gasteiger partial charge in [0.05, 0.1) is 11.6 Å². The second-order valence-electron chi connectivity index (χ2n) is 7.20. The first kappa shape index (κ1) is 15.5. The van der Waals surface area contributed by atoms with Crippen LogP contribution in [0.3, 0.4) is 0 Å². The van der Waals surface area contributed by atoms with Crippen LogP contribution < -0.4 is 10.9 Å². The van der Waals surface area contributed by atoms with E-state index in [1.807, 2.05) is 30.1 Å². The summed E-state index contributed by atoms with van der Waals surface area (Å²) in [5.74, 6) is 0.912. The van der Waals surface area contributed by atoms with E-state index in [0.717, 1.165) is 41.9 Å². The maximum atomic E-state index is 12.3. The lowest BCUT2D eigenvalue weighted by atomic mass is 9.76. The number of aromatic amines is 1. The Kier molecular flexibility index (Phi) is 3.53. The molecule has 1 aliphatic carbocycles. The monoisotopic (exact) mass is 347 g/mol. The van der Waals surface area contributed by atoms with Gasteiger partial charge in [-0.3, -0.25) is 4.79 Å². The van der Waals surface area contributed by atoms with Crippen molar-refractivity contribution in [2.75, 3.05) is 0 Å². The Morgan fingerprint density at radius 3 is 2.85 bits per heavy atom. The van der Waals surface area contributed by atoms with Crippen LogP contribution in [0.5, 0.6) is 0 Å². The fourth-order valence-electron chi connectivity index (χ4n) is 4.55. The number of nitrogens with zero attached hydrogens (tertiary/aromatic N) is 3. The van der Waals surface area contributed by atoms with Crippen LogP contribution in [0.15, 0.2) is 47.5 Å². The molecule has 132 valence electrons. The summed E-state index contributed by atoms with van der Waals surface area (Å²) in [6.45, 7) is 0. The number of hydrogen-bond donors (Lipinski definition) is 2. The molecule has 0 bridgehead atoms. The van der Waals surface area contributed by atoms with Crippen molar-refractivity contribution >= 4 is 0 Å². The first-order valence-electron chi connectivity index (χ1n) is 9.13. The van der Waals surface area contributed by atoms with Gasteiger partial charge in [0.15, 0.2) is 0 Å². The van der Waals surface area contributed by atoms with Crippen LogP contribution in [0.2, 0.25) is 0 Å². The van der Waals surface area contributed by atoms with Crippen LogP contribution >= 0.6 is 0 Å². The maximum Gasteiger partial charge on any atom is 0.267 e. The van der Waals surface area contributed by atoms with Crippen LogP contribution in [0, 0.1) is 0 Å². The van der Waals surface area contributed by atoms with E-state index < -0.39 is 0 Å². The molecule has 5 rings (SSSR count). The topological polar surface area (TPSA) is 75.6 Å². The Labute approximate surface area is 151 Å². The number of nitrogens with one attached hydrogen (secondary N) is 2. The summed E-state index contributed by atoms with van der Waals surface area (Å²) in [5, 5.41) is 11.1. The minimum absolute atomic E-state index is 0.0441. The van der Waals surface area contributed by atoms with Gasteiger partial charge in [0, 0.05) is 42.7 Å². The molecule has 3 atom stereocenters. The van der Waals surface area contributed by atoms with E-state index in [0.29, 0.717) is 0 Å². The van der Waals surface area contributed by atoms with E-state index in [-0.39, 0.29) is 23.6 Å². The summed E-state index contributed by atoms with van der Waals surface area (Å²) in [4.78, 5) is 17.0. The van der Waals surface area contributed by atoms with Gasteiger partial charge in [0.25, 0.3) is 5.56 Å². The highest BCUT2D eigenvalue weighted by atomic mass is 16.1. The third-order valence-electron chi connectivity index (χ3n) is 5.73. The molecule has 2 N–H and O–H groups in total. The lowest BCUT2D eigenvalue weighted by Crippen LogP contribution is -2.42. The van der Waals surface area contributed by atoms with Crippen molar-refractivity contribution in [2.24, 2.45) is 7.05 Å². The van der Waals surface area contributed by atoms with Crippen LogP contribution in [0.25, 0.3) is 0 Å². The number of aryl methyl sites for hydroxylation is 1. The molecular weight excluding hydrogens is 326 g/mol. The van der Waals surface area contributed by atoms with Crippen LogP contribution in [0.1, 0.15) is 59.1 Å². The molecule has 0 spiro atoms. The number of benzene rings is 1. The molecule has 26 heavy (non-hydrogen) atoms. The molecule has 3 heterocycles. The zero-order chi connectivity index (χ0) is 17.7. The normalized spacial score (nSPS) is 24.3. The molecule has 0 amide bonds. The third kappa shape index (κ3) is 2.25. The lowest BCUT2D eigenvalue weighted by Gasteiger charge is -2.40. The summed E-state index contributed by atoms with van der Waals surface area (Å²) in [6, 6.07) is 10.7. The number of hydrogen-bond acceptors (Lipinski definition) is 4. The Hall–Kier alpha value is -2.73. The van der Waals surface area contributed by atoms with Gasteiger partial charge in [0.1, 0.15) is 5.82 Å². The zero-order valence-electron chi connectivity index (χ0n) is 14.6. The van der Waals surface area contributed by atoms with Crippen molar-refractivity contribution in [1.82, 2.24) is 25.1 Å². The van der Waals surface area contributed by atoms with Crippen molar-refractivity contribution in [1.29, 1.82) is 0 Å². The average Bonchev–Trinajstić information content (AvgIpc) is 3.10. The molecular formula is C20H21N5O. The Morgan fingerprint density at radius 1 is 1.23 bits per heavy atom. The number of H-pyrrole nitrogens is 1. The van der Waals surface area contributed by atoms with Gasteiger partial charge in [-0.25, -0.2) is 10.1 Å². The molecule has 3 aromatic rings. The fourth-order valence-corrected chi connectivity index (χ4v) is 4.55. The molecule has 6 heteroatoms.